The molecule has 136 valence electrons. The summed E-state index contributed by atoms with van der Waals surface area (Å²) in [5.74, 6) is 7.07. The van der Waals surface area contributed by atoms with Crippen molar-refractivity contribution in [2.45, 2.75) is 31.7 Å². The van der Waals surface area contributed by atoms with Gasteiger partial charge in [-0.05, 0) is 31.9 Å². The van der Waals surface area contributed by atoms with E-state index in [2.05, 4.69) is 27.3 Å². The predicted octanol–water partition coefficient (Wildman–Crippen LogP) is 3.07. The highest BCUT2D eigenvalue weighted by atomic mass is 32.2. The molecule has 7 nitrogen and oxygen atoms in total. The zero-order chi connectivity index (χ0) is 18.7. The molecule has 2 aromatic heterocycles. The van der Waals surface area contributed by atoms with E-state index in [1.807, 2.05) is 32.0 Å². The number of nitrogens with two attached hydrogens (primary N) is 1. The standard InChI is InChI=1S/C18H21N5O2S/c1-4-25-17(24)14-11(2)15(20-12(14)3)16-21-22-18(23(16)19)26-10-13-8-6-5-7-9-13/h5-9,20H,4,10,19H2,1-3H3. The van der Waals surface area contributed by atoms with Crippen molar-refractivity contribution in [1.29, 1.82) is 0 Å². The number of nitrogens with zero attached hydrogens (tertiary/aromatic N) is 3. The van der Waals surface area contributed by atoms with Crippen LogP contribution in [0, 0.1) is 13.8 Å². The number of H-pyrrole nitrogens is 1. The lowest BCUT2D eigenvalue weighted by Gasteiger charge is -2.04. The molecular weight excluding hydrogens is 350 g/mol. The molecule has 0 aliphatic carbocycles. The number of carbonyl (C=O) groups is 1. The van der Waals surface area contributed by atoms with Crippen LogP contribution in [0.3, 0.4) is 0 Å². The number of carbonyl (C=O) groups excluding carboxylic acids is 1. The normalized spacial score (nSPS) is 10.9. The summed E-state index contributed by atoms with van der Waals surface area (Å²) in [6, 6.07) is 10.1. The van der Waals surface area contributed by atoms with Crippen LogP contribution < -0.4 is 5.84 Å². The second-order valence-corrected chi connectivity index (χ2v) is 6.74. The minimum Gasteiger partial charge on any atom is -0.462 e. The maximum absolute atomic E-state index is 12.2. The number of ether oxygens (including phenoxy) is 1. The van der Waals surface area contributed by atoms with E-state index in [0.29, 0.717) is 28.8 Å². The number of rotatable bonds is 6. The van der Waals surface area contributed by atoms with Crippen LogP contribution in [0.4, 0.5) is 0 Å². The lowest BCUT2D eigenvalue weighted by Crippen LogP contribution is -2.12. The van der Waals surface area contributed by atoms with Gasteiger partial charge in [0.1, 0.15) is 0 Å². The molecule has 0 unspecified atom stereocenters. The van der Waals surface area contributed by atoms with Crippen LogP contribution in [-0.4, -0.2) is 32.4 Å². The first-order valence-corrected chi connectivity index (χ1v) is 9.25. The smallest absolute Gasteiger partial charge is 0.340 e. The van der Waals surface area contributed by atoms with Gasteiger partial charge in [-0.15, -0.1) is 10.2 Å². The van der Waals surface area contributed by atoms with E-state index >= 15 is 0 Å². The Labute approximate surface area is 155 Å². The van der Waals surface area contributed by atoms with E-state index < -0.39 is 0 Å². The van der Waals surface area contributed by atoms with Gasteiger partial charge in [0.05, 0.1) is 17.9 Å². The number of aromatic nitrogens is 4. The summed E-state index contributed by atoms with van der Waals surface area (Å²) in [6.45, 7) is 5.77. The number of aromatic amines is 1. The molecule has 26 heavy (non-hydrogen) atoms. The zero-order valence-electron chi connectivity index (χ0n) is 14.9. The van der Waals surface area contributed by atoms with E-state index in [1.54, 1.807) is 6.92 Å². The molecule has 0 spiro atoms. The summed E-state index contributed by atoms with van der Waals surface area (Å²) >= 11 is 1.51. The van der Waals surface area contributed by atoms with Crippen molar-refractivity contribution in [3.8, 4) is 11.5 Å². The Hall–Kier alpha value is -2.74. The Morgan fingerprint density at radius 1 is 1.27 bits per heavy atom. The second kappa shape index (κ2) is 7.65. The van der Waals surface area contributed by atoms with E-state index in [1.165, 1.54) is 22.0 Å². The van der Waals surface area contributed by atoms with Gasteiger partial charge >= 0.3 is 5.97 Å². The van der Waals surface area contributed by atoms with Crippen LogP contribution in [-0.2, 0) is 10.5 Å². The van der Waals surface area contributed by atoms with Crippen LogP contribution in [0.2, 0.25) is 0 Å². The average Bonchev–Trinajstić information content (AvgIpc) is 3.13. The Bertz CT molecular complexity index is 917. The van der Waals surface area contributed by atoms with Gasteiger partial charge in [-0.3, -0.25) is 0 Å². The number of aryl methyl sites for hydroxylation is 1. The minimum atomic E-state index is -0.355. The van der Waals surface area contributed by atoms with Gasteiger partial charge in [-0.2, -0.15) is 0 Å². The Morgan fingerprint density at radius 3 is 2.69 bits per heavy atom. The number of thioether (sulfide) groups is 1. The van der Waals surface area contributed by atoms with Gasteiger partial charge in [0.15, 0.2) is 5.82 Å². The first kappa shape index (κ1) is 18.1. The van der Waals surface area contributed by atoms with Crippen molar-refractivity contribution >= 4 is 17.7 Å². The summed E-state index contributed by atoms with van der Waals surface area (Å²) in [6.07, 6.45) is 0. The summed E-state index contributed by atoms with van der Waals surface area (Å²) in [4.78, 5) is 15.3. The molecule has 0 radical (unpaired) electrons. The lowest BCUT2D eigenvalue weighted by atomic mass is 10.1. The van der Waals surface area contributed by atoms with Gasteiger partial charge in [-0.25, -0.2) is 9.47 Å². The third-order valence-corrected chi connectivity index (χ3v) is 5.03. The molecule has 0 aliphatic heterocycles. The second-order valence-electron chi connectivity index (χ2n) is 5.80. The first-order chi connectivity index (χ1) is 12.5. The zero-order valence-corrected chi connectivity index (χ0v) is 15.8. The van der Waals surface area contributed by atoms with E-state index in [0.717, 1.165) is 17.0 Å². The minimum absolute atomic E-state index is 0.325. The van der Waals surface area contributed by atoms with Crippen LogP contribution in [0.1, 0.15) is 34.1 Å². The molecule has 0 fully saturated rings. The Balaban J connectivity index is 1.86. The van der Waals surface area contributed by atoms with E-state index in [-0.39, 0.29) is 5.97 Å². The van der Waals surface area contributed by atoms with Crippen molar-refractivity contribution in [3.63, 3.8) is 0 Å². The topological polar surface area (TPSA) is 98.8 Å². The van der Waals surface area contributed by atoms with Crippen molar-refractivity contribution in [3.05, 3.63) is 52.7 Å². The maximum atomic E-state index is 12.2. The monoisotopic (exact) mass is 371 g/mol. The van der Waals surface area contributed by atoms with Gasteiger partial charge in [0, 0.05) is 11.4 Å². The van der Waals surface area contributed by atoms with Crippen molar-refractivity contribution < 1.29 is 9.53 Å². The molecule has 3 N–H and O–H groups in total. The van der Waals surface area contributed by atoms with Gasteiger partial charge in [0.2, 0.25) is 5.16 Å². The SMILES string of the molecule is CCOC(=O)c1c(C)[nH]c(-c2nnc(SCc3ccccc3)n2N)c1C. The van der Waals surface area contributed by atoms with Gasteiger partial charge in [0.25, 0.3) is 0 Å². The summed E-state index contributed by atoms with van der Waals surface area (Å²) < 4.78 is 6.57. The highest BCUT2D eigenvalue weighted by Gasteiger charge is 2.23. The van der Waals surface area contributed by atoms with E-state index in [4.69, 9.17) is 10.6 Å². The van der Waals surface area contributed by atoms with Crippen LogP contribution in [0.5, 0.6) is 0 Å². The number of nitrogen functional groups attached to an aromatic ring is 1. The fourth-order valence-electron chi connectivity index (χ4n) is 2.75. The van der Waals surface area contributed by atoms with Crippen molar-refractivity contribution in [2.75, 3.05) is 12.4 Å². The molecule has 0 bridgehead atoms. The summed E-state index contributed by atoms with van der Waals surface area (Å²) in [5, 5.41) is 8.99. The number of benzene rings is 1. The van der Waals surface area contributed by atoms with Crippen LogP contribution in [0.15, 0.2) is 35.5 Å². The predicted molar refractivity (Wildman–Crippen MR) is 101 cm³/mol. The molecule has 0 amide bonds. The molecule has 8 heteroatoms. The highest BCUT2D eigenvalue weighted by molar-refractivity contribution is 7.98. The summed E-state index contributed by atoms with van der Waals surface area (Å²) in [7, 11) is 0. The third kappa shape index (κ3) is 3.45. The molecule has 0 saturated carbocycles. The number of esters is 1. The number of hydrogen-bond donors (Lipinski definition) is 2. The van der Waals surface area contributed by atoms with Crippen molar-refractivity contribution in [2.24, 2.45) is 0 Å². The Kier molecular flexibility index (Phi) is 5.32. The fourth-order valence-corrected chi connectivity index (χ4v) is 3.56. The van der Waals surface area contributed by atoms with Gasteiger partial charge in [-0.1, -0.05) is 42.1 Å². The molecule has 3 rings (SSSR count). The molecular formula is C18H21N5O2S. The fraction of sp³-hybridized carbons (Fsp3) is 0.278. The molecule has 1 aromatic carbocycles. The average molecular weight is 371 g/mol. The van der Waals surface area contributed by atoms with Crippen LogP contribution >= 0.6 is 11.8 Å². The molecule has 0 saturated heterocycles. The molecule has 2 heterocycles. The van der Waals surface area contributed by atoms with Crippen molar-refractivity contribution in [1.82, 2.24) is 19.9 Å². The van der Waals surface area contributed by atoms with Gasteiger partial charge < -0.3 is 15.6 Å². The number of nitrogens with one attached hydrogen (secondary N) is 1. The van der Waals surface area contributed by atoms with Crippen LogP contribution in [0.25, 0.3) is 11.5 Å². The molecule has 0 atom stereocenters. The highest BCUT2D eigenvalue weighted by Crippen LogP contribution is 2.29. The third-order valence-electron chi connectivity index (χ3n) is 4.02. The number of hydrogen-bond acceptors (Lipinski definition) is 6. The summed E-state index contributed by atoms with van der Waals surface area (Å²) in [5.41, 5.74) is 3.84. The molecule has 0 aliphatic rings. The Morgan fingerprint density at radius 2 is 2.00 bits per heavy atom. The quantitative estimate of drug-likeness (QED) is 0.392. The molecule has 3 aromatic rings. The maximum Gasteiger partial charge on any atom is 0.340 e. The van der Waals surface area contributed by atoms with E-state index in [9.17, 15) is 4.79 Å². The largest absolute Gasteiger partial charge is 0.462 e. The lowest BCUT2D eigenvalue weighted by molar-refractivity contribution is 0.0525. The first-order valence-electron chi connectivity index (χ1n) is 8.26.